The Balaban J connectivity index is 1.67. The molecule has 1 aliphatic rings. The molecule has 2 amide bonds. The molecular weight excluding hydrogens is 387 g/mol. The molecule has 1 aromatic heterocycles. The van der Waals surface area contributed by atoms with E-state index in [2.05, 4.69) is 0 Å². The van der Waals surface area contributed by atoms with E-state index in [1.807, 2.05) is 42.1 Å². The van der Waals surface area contributed by atoms with E-state index < -0.39 is 17.0 Å². The number of nitrogens with zero attached hydrogens (tertiary/aromatic N) is 2. The molecule has 0 aliphatic carbocycles. The molecule has 4 rings (SSSR count). The van der Waals surface area contributed by atoms with Crippen LogP contribution >= 0.6 is 23.4 Å². The van der Waals surface area contributed by atoms with Crippen molar-refractivity contribution < 1.29 is 14.0 Å². The Hall–Kier alpha value is -2.57. The summed E-state index contributed by atoms with van der Waals surface area (Å²) in [5.74, 6) is -0.989. The maximum atomic E-state index is 14.0. The minimum absolute atomic E-state index is 0.132. The minimum Gasteiger partial charge on any atom is -0.350 e. The smallest absolute Gasteiger partial charge is 0.293 e. The van der Waals surface area contributed by atoms with Gasteiger partial charge in [0.15, 0.2) is 0 Å². The van der Waals surface area contributed by atoms with Crippen molar-refractivity contribution in [3.63, 3.8) is 0 Å². The Morgan fingerprint density at radius 3 is 2.70 bits per heavy atom. The van der Waals surface area contributed by atoms with E-state index in [1.165, 1.54) is 18.2 Å². The van der Waals surface area contributed by atoms with E-state index >= 15 is 0 Å². The van der Waals surface area contributed by atoms with Crippen LogP contribution in [0.1, 0.15) is 11.1 Å². The fourth-order valence-electron chi connectivity index (χ4n) is 3.11. The summed E-state index contributed by atoms with van der Waals surface area (Å²) in [4.78, 5) is 26.4. The van der Waals surface area contributed by atoms with E-state index in [4.69, 9.17) is 11.6 Å². The van der Waals surface area contributed by atoms with Crippen LogP contribution in [0.4, 0.5) is 9.18 Å². The molecule has 136 valence electrons. The van der Waals surface area contributed by atoms with Gasteiger partial charge in [-0.3, -0.25) is 14.5 Å². The molecule has 0 radical (unpaired) electrons. The zero-order valence-corrected chi connectivity index (χ0v) is 15.9. The predicted molar refractivity (Wildman–Crippen MR) is 106 cm³/mol. The predicted octanol–water partition coefficient (Wildman–Crippen LogP) is 5.21. The van der Waals surface area contributed by atoms with Gasteiger partial charge < -0.3 is 4.57 Å². The number of hydrogen-bond acceptors (Lipinski definition) is 3. The van der Waals surface area contributed by atoms with Gasteiger partial charge in [0, 0.05) is 40.3 Å². The van der Waals surface area contributed by atoms with Crippen molar-refractivity contribution >= 4 is 51.5 Å². The van der Waals surface area contributed by atoms with Crippen LogP contribution in [0, 0.1) is 5.82 Å². The molecule has 0 atom stereocenters. The Bertz CT molecular complexity index is 1100. The number of aryl methyl sites for hydroxylation is 1. The number of rotatable bonds is 3. The Kier molecular flexibility index (Phi) is 4.53. The number of fused-ring (bicyclic) bond motifs is 1. The third kappa shape index (κ3) is 3.15. The molecule has 0 unspecified atom stereocenters. The molecule has 3 aromatic rings. The van der Waals surface area contributed by atoms with Gasteiger partial charge in [-0.1, -0.05) is 35.9 Å². The monoisotopic (exact) mass is 400 g/mol. The lowest BCUT2D eigenvalue weighted by molar-refractivity contribution is -0.123. The summed E-state index contributed by atoms with van der Waals surface area (Å²) in [6, 6.07) is 12.1. The molecule has 1 aliphatic heterocycles. The van der Waals surface area contributed by atoms with Gasteiger partial charge in [0.1, 0.15) is 5.82 Å². The maximum absolute atomic E-state index is 14.0. The first kappa shape index (κ1) is 17.8. The third-order valence-corrected chi connectivity index (χ3v) is 5.73. The molecule has 0 N–H and O–H groups in total. The van der Waals surface area contributed by atoms with Gasteiger partial charge in [0.05, 0.1) is 11.4 Å². The zero-order chi connectivity index (χ0) is 19.1. The second-order valence-electron chi connectivity index (χ2n) is 6.18. The topological polar surface area (TPSA) is 42.3 Å². The molecule has 0 spiro atoms. The van der Waals surface area contributed by atoms with Gasteiger partial charge in [-0.15, -0.1) is 0 Å². The van der Waals surface area contributed by atoms with E-state index in [9.17, 15) is 14.0 Å². The summed E-state index contributed by atoms with van der Waals surface area (Å²) >= 11 is 6.87. The molecule has 7 heteroatoms. The second kappa shape index (κ2) is 6.87. The highest BCUT2D eigenvalue weighted by Crippen LogP contribution is 2.35. The summed E-state index contributed by atoms with van der Waals surface area (Å²) in [5.41, 5.74) is 2.01. The highest BCUT2D eigenvalue weighted by molar-refractivity contribution is 8.18. The number of carbonyl (C=O) groups is 2. The average Bonchev–Trinajstić information content (AvgIpc) is 3.09. The first-order chi connectivity index (χ1) is 13.0. The van der Waals surface area contributed by atoms with E-state index in [-0.39, 0.29) is 17.1 Å². The van der Waals surface area contributed by atoms with Gasteiger partial charge in [-0.05, 0) is 36.0 Å². The summed E-state index contributed by atoms with van der Waals surface area (Å²) in [5, 5.41) is 0.738. The first-order valence-electron chi connectivity index (χ1n) is 8.18. The Labute approximate surface area is 164 Å². The van der Waals surface area contributed by atoms with Crippen LogP contribution in [0.3, 0.4) is 0 Å². The van der Waals surface area contributed by atoms with Crippen LogP contribution in [0.15, 0.2) is 53.6 Å². The van der Waals surface area contributed by atoms with Crippen LogP contribution in [0.2, 0.25) is 5.02 Å². The van der Waals surface area contributed by atoms with Crippen LogP contribution in [0.25, 0.3) is 17.0 Å². The van der Waals surface area contributed by atoms with Crippen molar-refractivity contribution in [1.82, 2.24) is 9.47 Å². The number of para-hydroxylation sites is 1. The number of carbonyl (C=O) groups excluding carboxylic acids is 2. The van der Waals surface area contributed by atoms with Crippen molar-refractivity contribution in [3.05, 3.63) is 75.5 Å². The molecule has 27 heavy (non-hydrogen) atoms. The van der Waals surface area contributed by atoms with Crippen molar-refractivity contribution in [2.24, 2.45) is 7.05 Å². The number of imide groups is 1. The van der Waals surface area contributed by atoms with Crippen molar-refractivity contribution in [1.29, 1.82) is 0 Å². The van der Waals surface area contributed by atoms with E-state index in [1.54, 1.807) is 6.08 Å². The summed E-state index contributed by atoms with van der Waals surface area (Å²) in [6.07, 6.45) is 3.61. The standard InChI is InChI=1S/C20H14ClFN2O2S/c1-23-10-12(13-5-2-3-8-17(13)23)9-18-19(25)24(20(26)27-18)11-14-15(21)6-4-7-16(14)22/h2-10H,11H2,1H3. The van der Waals surface area contributed by atoms with Crippen molar-refractivity contribution in [2.75, 3.05) is 0 Å². The Morgan fingerprint density at radius 1 is 1.15 bits per heavy atom. The fourth-order valence-corrected chi connectivity index (χ4v) is 4.16. The normalized spacial score (nSPS) is 16.1. The zero-order valence-electron chi connectivity index (χ0n) is 14.3. The molecule has 1 fully saturated rings. The number of benzene rings is 2. The number of amides is 2. The molecular formula is C20H14ClFN2O2S. The third-order valence-electron chi connectivity index (χ3n) is 4.47. The maximum Gasteiger partial charge on any atom is 0.293 e. The first-order valence-corrected chi connectivity index (χ1v) is 9.37. The lowest BCUT2D eigenvalue weighted by Gasteiger charge is -2.14. The molecule has 2 aromatic carbocycles. The van der Waals surface area contributed by atoms with Gasteiger partial charge in [-0.2, -0.15) is 0 Å². The molecule has 1 saturated heterocycles. The summed E-state index contributed by atoms with van der Waals surface area (Å²) in [7, 11) is 1.92. The van der Waals surface area contributed by atoms with Crippen LogP contribution < -0.4 is 0 Å². The van der Waals surface area contributed by atoms with Gasteiger partial charge in [0.2, 0.25) is 0 Å². The van der Waals surface area contributed by atoms with Gasteiger partial charge >= 0.3 is 0 Å². The van der Waals surface area contributed by atoms with Gasteiger partial charge in [-0.25, -0.2) is 4.39 Å². The van der Waals surface area contributed by atoms with Crippen LogP contribution in [-0.2, 0) is 18.4 Å². The number of aromatic nitrogens is 1. The molecule has 4 nitrogen and oxygen atoms in total. The number of halogens is 2. The second-order valence-corrected chi connectivity index (χ2v) is 7.58. The van der Waals surface area contributed by atoms with E-state index in [0.717, 1.165) is 33.1 Å². The minimum atomic E-state index is -0.542. The van der Waals surface area contributed by atoms with Gasteiger partial charge in [0.25, 0.3) is 11.1 Å². The quantitative estimate of drug-likeness (QED) is 0.567. The van der Waals surface area contributed by atoms with Crippen LogP contribution in [0.5, 0.6) is 0 Å². The Morgan fingerprint density at radius 2 is 1.93 bits per heavy atom. The van der Waals surface area contributed by atoms with Crippen LogP contribution in [-0.4, -0.2) is 20.6 Å². The summed E-state index contributed by atoms with van der Waals surface area (Å²) < 4.78 is 16.0. The van der Waals surface area contributed by atoms with Crippen molar-refractivity contribution in [2.45, 2.75) is 6.54 Å². The highest BCUT2D eigenvalue weighted by Gasteiger charge is 2.36. The average molecular weight is 401 g/mol. The van der Waals surface area contributed by atoms with Crippen molar-refractivity contribution in [3.8, 4) is 0 Å². The van der Waals surface area contributed by atoms with E-state index in [0.29, 0.717) is 4.91 Å². The largest absolute Gasteiger partial charge is 0.350 e. The lowest BCUT2D eigenvalue weighted by Crippen LogP contribution is -2.28. The highest BCUT2D eigenvalue weighted by atomic mass is 35.5. The number of thioether (sulfide) groups is 1. The lowest BCUT2D eigenvalue weighted by atomic mass is 10.1. The fraction of sp³-hybridized carbons (Fsp3) is 0.100. The molecule has 2 heterocycles. The molecule has 0 bridgehead atoms. The number of hydrogen-bond donors (Lipinski definition) is 0. The SMILES string of the molecule is Cn1cc(C=C2SC(=O)N(Cc3c(F)cccc3Cl)C2=O)c2ccccc21. The summed E-state index contributed by atoms with van der Waals surface area (Å²) in [6.45, 7) is -0.191. The molecule has 0 saturated carbocycles.